The van der Waals surface area contributed by atoms with Crippen LogP contribution in [0.1, 0.15) is 15.9 Å². The lowest BCUT2D eigenvalue weighted by Crippen LogP contribution is -2.02. The molecule has 0 saturated heterocycles. The zero-order chi connectivity index (χ0) is 12.6. The van der Waals surface area contributed by atoms with Gasteiger partial charge >= 0.3 is 0 Å². The molecule has 0 N–H and O–H groups in total. The number of carbonyl (C=O) groups excluding carboxylic acids is 1. The van der Waals surface area contributed by atoms with Gasteiger partial charge < -0.3 is 0 Å². The number of benzene rings is 1. The van der Waals surface area contributed by atoms with E-state index in [0.29, 0.717) is 21.2 Å². The van der Waals surface area contributed by atoms with E-state index in [2.05, 4.69) is 5.10 Å². The summed E-state index contributed by atoms with van der Waals surface area (Å²) in [6.45, 7) is 0. The number of carbonyl (C=O) groups is 1. The molecule has 0 radical (unpaired) electrons. The summed E-state index contributed by atoms with van der Waals surface area (Å²) >= 11 is 17.7. The predicted molar refractivity (Wildman–Crippen MR) is 68.1 cm³/mol. The molecule has 2 rings (SSSR count). The van der Waals surface area contributed by atoms with Crippen LogP contribution in [0.2, 0.25) is 15.2 Å². The molecule has 0 atom stereocenters. The minimum absolute atomic E-state index is 0.273. The summed E-state index contributed by atoms with van der Waals surface area (Å²) in [5.41, 5.74) is 0.671. The number of hydrogen-bond acceptors (Lipinski definition) is 2. The largest absolute Gasteiger partial charge is 0.288 e. The summed E-state index contributed by atoms with van der Waals surface area (Å²) in [7, 11) is 1.66. The first-order valence-corrected chi connectivity index (χ1v) is 5.81. The van der Waals surface area contributed by atoms with Gasteiger partial charge in [0.25, 0.3) is 0 Å². The number of halogens is 3. The Labute approximate surface area is 113 Å². The van der Waals surface area contributed by atoms with Crippen molar-refractivity contribution in [2.75, 3.05) is 0 Å². The molecular formula is C11H7Cl3N2O. The van der Waals surface area contributed by atoms with Gasteiger partial charge in [0.2, 0.25) is 0 Å². The SMILES string of the molecule is Cn1ncc(C(=O)c2ccc(Cl)cc2Cl)c1Cl. The van der Waals surface area contributed by atoms with Crippen molar-refractivity contribution in [2.45, 2.75) is 0 Å². The van der Waals surface area contributed by atoms with E-state index in [-0.39, 0.29) is 10.9 Å². The molecule has 17 heavy (non-hydrogen) atoms. The second-order valence-corrected chi connectivity index (χ2v) is 4.63. The molecule has 6 heteroatoms. The third-order valence-corrected chi connectivity index (χ3v) is 3.28. The highest BCUT2D eigenvalue weighted by Gasteiger charge is 2.18. The summed E-state index contributed by atoms with van der Waals surface area (Å²) in [5.74, 6) is -0.273. The lowest BCUT2D eigenvalue weighted by atomic mass is 10.1. The van der Waals surface area contributed by atoms with Crippen molar-refractivity contribution in [3.63, 3.8) is 0 Å². The lowest BCUT2D eigenvalue weighted by Gasteiger charge is -2.02. The number of hydrogen-bond donors (Lipinski definition) is 0. The zero-order valence-corrected chi connectivity index (χ0v) is 11.0. The second kappa shape index (κ2) is 4.69. The molecule has 3 nitrogen and oxygen atoms in total. The van der Waals surface area contributed by atoms with Gasteiger partial charge in [-0.25, -0.2) is 0 Å². The predicted octanol–water partition coefficient (Wildman–Crippen LogP) is 3.61. The van der Waals surface area contributed by atoms with Crippen LogP contribution in [0.4, 0.5) is 0 Å². The van der Waals surface area contributed by atoms with Gasteiger partial charge in [0.15, 0.2) is 5.78 Å². The van der Waals surface area contributed by atoms with Crippen LogP contribution in [-0.4, -0.2) is 15.6 Å². The smallest absolute Gasteiger partial charge is 0.199 e. The molecule has 0 aliphatic carbocycles. The molecule has 0 bridgehead atoms. The lowest BCUT2D eigenvalue weighted by molar-refractivity contribution is 0.103. The molecule has 88 valence electrons. The van der Waals surface area contributed by atoms with Crippen LogP contribution >= 0.6 is 34.8 Å². The summed E-state index contributed by atoms with van der Waals surface area (Å²) in [5, 5.41) is 4.95. The molecule has 0 spiro atoms. The maximum Gasteiger partial charge on any atom is 0.199 e. The van der Waals surface area contributed by atoms with Crippen LogP contribution in [0.25, 0.3) is 0 Å². The van der Waals surface area contributed by atoms with Crippen molar-refractivity contribution < 1.29 is 4.79 Å². The Kier molecular flexibility index (Phi) is 3.43. The van der Waals surface area contributed by atoms with E-state index in [0.717, 1.165) is 0 Å². The molecule has 0 aliphatic rings. The van der Waals surface area contributed by atoms with Gasteiger partial charge in [0.1, 0.15) is 5.15 Å². The molecule has 2 aromatic rings. The minimum Gasteiger partial charge on any atom is -0.288 e. The van der Waals surface area contributed by atoms with E-state index >= 15 is 0 Å². The molecule has 1 aromatic carbocycles. The van der Waals surface area contributed by atoms with Crippen molar-refractivity contribution in [3.05, 3.63) is 50.7 Å². The van der Waals surface area contributed by atoms with Crippen LogP contribution in [0.3, 0.4) is 0 Å². The molecular weight excluding hydrogens is 282 g/mol. The molecule has 1 aromatic heterocycles. The Morgan fingerprint density at radius 1 is 1.24 bits per heavy atom. The molecule has 0 saturated carbocycles. The summed E-state index contributed by atoms with van der Waals surface area (Å²) < 4.78 is 1.42. The summed E-state index contributed by atoms with van der Waals surface area (Å²) in [4.78, 5) is 12.1. The fraction of sp³-hybridized carbons (Fsp3) is 0.0909. The summed E-state index contributed by atoms with van der Waals surface area (Å²) in [6.07, 6.45) is 1.41. The van der Waals surface area contributed by atoms with Crippen molar-refractivity contribution in [1.82, 2.24) is 9.78 Å². The normalized spacial score (nSPS) is 10.6. The first-order valence-electron chi connectivity index (χ1n) is 4.68. The average Bonchev–Trinajstić information content (AvgIpc) is 2.59. The number of ketones is 1. The van der Waals surface area contributed by atoms with Crippen molar-refractivity contribution in [2.24, 2.45) is 7.05 Å². The third kappa shape index (κ3) is 2.32. The highest BCUT2D eigenvalue weighted by molar-refractivity contribution is 6.39. The minimum atomic E-state index is -0.273. The van der Waals surface area contributed by atoms with Crippen LogP contribution in [0.15, 0.2) is 24.4 Å². The van der Waals surface area contributed by atoms with Gasteiger partial charge in [0.05, 0.1) is 16.8 Å². The van der Waals surface area contributed by atoms with Crippen LogP contribution in [0.5, 0.6) is 0 Å². The molecule has 0 unspecified atom stereocenters. The van der Waals surface area contributed by atoms with Gasteiger partial charge in [-0.05, 0) is 18.2 Å². The Morgan fingerprint density at radius 3 is 2.47 bits per heavy atom. The van der Waals surface area contributed by atoms with Crippen LogP contribution in [-0.2, 0) is 7.05 Å². The Bertz CT molecular complexity index is 592. The topological polar surface area (TPSA) is 34.9 Å². The van der Waals surface area contributed by atoms with E-state index < -0.39 is 0 Å². The standard InChI is InChI=1S/C11H7Cl3N2O/c1-16-11(14)8(5-15-16)10(17)7-3-2-6(12)4-9(7)13/h2-5H,1H3. The monoisotopic (exact) mass is 288 g/mol. The maximum atomic E-state index is 12.1. The average molecular weight is 290 g/mol. The van der Waals surface area contributed by atoms with E-state index in [1.807, 2.05) is 0 Å². The Morgan fingerprint density at radius 2 is 1.94 bits per heavy atom. The fourth-order valence-corrected chi connectivity index (χ4v) is 2.07. The van der Waals surface area contributed by atoms with Crippen LogP contribution in [0, 0.1) is 0 Å². The van der Waals surface area contributed by atoms with Gasteiger partial charge in [-0.15, -0.1) is 0 Å². The summed E-state index contributed by atoms with van der Waals surface area (Å²) in [6, 6.07) is 4.68. The fourth-order valence-electron chi connectivity index (χ4n) is 1.39. The first kappa shape index (κ1) is 12.4. The first-order chi connectivity index (χ1) is 8.00. The van der Waals surface area contributed by atoms with Gasteiger partial charge in [-0.2, -0.15) is 5.10 Å². The molecule has 1 heterocycles. The van der Waals surface area contributed by atoms with Gasteiger partial charge in [0, 0.05) is 17.6 Å². The van der Waals surface area contributed by atoms with Gasteiger partial charge in [-0.3, -0.25) is 9.48 Å². The van der Waals surface area contributed by atoms with E-state index in [9.17, 15) is 4.79 Å². The Balaban J connectivity index is 2.47. The van der Waals surface area contributed by atoms with Gasteiger partial charge in [-0.1, -0.05) is 34.8 Å². The van der Waals surface area contributed by atoms with Crippen molar-refractivity contribution >= 4 is 40.6 Å². The zero-order valence-electron chi connectivity index (χ0n) is 8.75. The molecule has 0 aliphatic heterocycles. The van der Waals surface area contributed by atoms with E-state index in [1.54, 1.807) is 19.2 Å². The highest BCUT2D eigenvalue weighted by Crippen LogP contribution is 2.25. The number of aromatic nitrogens is 2. The maximum absolute atomic E-state index is 12.1. The molecule has 0 fully saturated rings. The number of rotatable bonds is 2. The highest BCUT2D eigenvalue weighted by atomic mass is 35.5. The Hall–Kier alpha value is -1.03. The second-order valence-electron chi connectivity index (χ2n) is 3.43. The van der Waals surface area contributed by atoms with E-state index in [1.165, 1.54) is 16.9 Å². The third-order valence-electron chi connectivity index (χ3n) is 2.29. The number of aryl methyl sites for hydroxylation is 1. The van der Waals surface area contributed by atoms with Crippen molar-refractivity contribution in [3.8, 4) is 0 Å². The quantitative estimate of drug-likeness (QED) is 0.792. The molecule has 0 amide bonds. The van der Waals surface area contributed by atoms with E-state index in [4.69, 9.17) is 34.8 Å². The van der Waals surface area contributed by atoms with Crippen molar-refractivity contribution in [1.29, 1.82) is 0 Å². The number of nitrogens with zero attached hydrogens (tertiary/aromatic N) is 2. The van der Waals surface area contributed by atoms with Crippen LogP contribution < -0.4 is 0 Å².